The fourth-order valence-corrected chi connectivity index (χ4v) is 3.16. The van der Waals surface area contributed by atoms with Crippen LogP contribution in [0.15, 0.2) is 33.9 Å². The van der Waals surface area contributed by atoms with Gasteiger partial charge < -0.3 is 15.0 Å². The molecule has 8 nitrogen and oxygen atoms in total. The summed E-state index contributed by atoms with van der Waals surface area (Å²) in [5, 5.41) is 13.0. The first-order chi connectivity index (χ1) is 12.9. The first-order valence-electron chi connectivity index (χ1n) is 8.66. The van der Waals surface area contributed by atoms with Gasteiger partial charge in [0.05, 0.1) is 19.2 Å². The quantitative estimate of drug-likeness (QED) is 0.661. The number of hydrogen-bond donors (Lipinski definition) is 2. The number of fused-ring (bicyclic) bond motifs is 1. The number of aromatic nitrogens is 4. The van der Waals surface area contributed by atoms with Crippen molar-refractivity contribution in [3.05, 3.63) is 55.7 Å². The van der Waals surface area contributed by atoms with Crippen LogP contribution in [0.25, 0.3) is 11.2 Å². The van der Waals surface area contributed by atoms with E-state index < -0.39 is 11.2 Å². The van der Waals surface area contributed by atoms with E-state index in [-0.39, 0.29) is 19.2 Å². The van der Waals surface area contributed by atoms with Gasteiger partial charge in [0, 0.05) is 19.1 Å². The van der Waals surface area contributed by atoms with Gasteiger partial charge in [-0.2, -0.15) is 4.98 Å². The second-order valence-corrected chi connectivity index (χ2v) is 6.83. The molecule has 2 N–H and O–H groups in total. The fraction of sp³-hybridized carbons (Fsp3) is 0.389. The Balaban J connectivity index is 2.17. The lowest BCUT2D eigenvalue weighted by Crippen LogP contribution is -2.39. The van der Waals surface area contributed by atoms with Crippen LogP contribution in [-0.2, 0) is 20.6 Å². The number of hydrogen-bond acceptors (Lipinski definition) is 5. The zero-order valence-corrected chi connectivity index (χ0v) is 16.2. The summed E-state index contributed by atoms with van der Waals surface area (Å²) in [6.07, 6.45) is 0.690. The molecule has 0 saturated carbocycles. The van der Waals surface area contributed by atoms with Crippen LogP contribution in [0.2, 0.25) is 5.02 Å². The van der Waals surface area contributed by atoms with Gasteiger partial charge in [0.2, 0.25) is 5.95 Å². The number of aliphatic hydroxyl groups excluding tert-OH is 1. The molecule has 1 atom stereocenters. The molecule has 0 aliphatic carbocycles. The Morgan fingerprint density at radius 1 is 1.22 bits per heavy atom. The highest BCUT2D eigenvalue weighted by molar-refractivity contribution is 6.31. The lowest BCUT2D eigenvalue weighted by Gasteiger charge is -2.14. The van der Waals surface area contributed by atoms with Crippen LogP contribution >= 0.6 is 11.6 Å². The molecule has 0 aliphatic rings. The zero-order valence-electron chi connectivity index (χ0n) is 15.4. The summed E-state index contributed by atoms with van der Waals surface area (Å²) in [4.78, 5) is 30.2. The Morgan fingerprint density at radius 3 is 2.56 bits per heavy atom. The predicted molar refractivity (Wildman–Crippen MR) is 106 cm³/mol. The van der Waals surface area contributed by atoms with Gasteiger partial charge in [-0.05, 0) is 18.1 Å². The van der Waals surface area contributed by atoms with E-state index in [1.807, 2.05) is 6.92 Å². The standard InChI is InChI=1S/C18H22ClN5O3/c1-4-12(10-25)20-17-21-15-14(22(17)2)16(26)24(18(27)23(15)3)9-11-7-5-6-8-13(11)19/h5-8,12,25H,4,9-10H2,1-3H3,(H,20,21). The number of aryl methyl sites for hydroxylation is 2. The van der Waals surface area contributed by atoms with Crippen LogP contribution in [0, 0.1) is 0 Å². The number of nitrogens with one attached hydrogen (secondary N) is 1. The first kappa shape index (κ1) is 19.2. The molecule has 0 aliphatic heterocycles. The molecule has 9 heteroatoms. The molecule has 0 spiro atoms. The van der Waals surface area contributed by atoms with Crippen molar-refractivity contribution in [1.82, 2.24) is 18.7 Å². The van der Waals surface area contributed by atoms with E-state index in [0.717, 1.165) is 4.57 Å². The summed E-state index contributed by atoms with van der Waals surface area (Å²) in [6.45, 7) is 1.95. The average molecular weight is 392 g/mol. The smallest absolute Gasteiger partial charge is 0.332 e. The van der Waals surface area contributed by atoms with Gasteiger partial charge in [0.25, 0.3) is 5.56 Å². The Morgan fingerprint density at radius 2 is 1.93 bits per heavy atom. The summed E-state index contributed by atoms with van der Waals surface area (Å²) < 4.78 is 4.11. The number of halogens is 1. The van der Waals surface area contributed by atoms with Crippen molar-refractivity contribution < 1.29 is 5.11 Å². The normalized spacial score (nSPS) is 12.5. The second kappa shape index (κ2) is 7.58. The molecule has 0 radical (unpaired) electrons. The fourth-order valence-electron chi connectivity index (χ4n) is 2.97. The van der Waals surface area contributed by atoms with E-state index in [9.17, 15) is 14.7 Å². The number of nitrogens with zero attached hydrogens (tertiary/aromatic N) is 4. The molecule has 2 heterocycles. The van der Waals surface area contributed by atoms with Gasteiger partial charge in [-0.1, -0.05) is 36.7 Å². The molecular weight excluding hydrogens is 370 g/mol. The van der Waals surface area contributed by atoms with E-state index in [1.54, 1.807) is 42.9 Å². The number of benzene rings is 1. The molecule has 0 fully saturated rings. The monoisotopic (exact) mass is 391 g/mol. The minimum atomic E-state index is -0.466. The van der Waals surface area contributed by atoms with E-state index in [2.05, 4.69) is 10.3 Å². The average Bonchev–Trinajstić information content (AvgIpc) is 2.99. The topological polar surface area (TPSA) is 94.1 Å². The Labute approximate surface area is 160 Å². The van der Waals surface area contributed by atoms with E-state index in [1.165, 1.54) is 4.57 Å². The van der Waals surface area contributed by atoms with Crippen molar-refractivity contribution in [2.45, 2.75) is 25.9 Å². The van der Waals surface area contributed by atoms with Crippen LogP contribution in [0.4, 0.5) is 5.95 Å². The van der Waals surface area contributed by atoms with Gasteiger partial charge in [-0.3, -0.25) is 13.9 Å². The molecule has 3 aromatic rings. The van der Waals surface area contributed by atoms with Crippen molar-refractivity contribution in [3.63, 3.8) is 0 Å². The summed E-state index contributed by atoms with van der Waals surface area (Å²) in [7, 11) is 3.28. The number of rotatable bonds is 6. The van der Waals surface area contributed by atoms with Crippen LogP contribution in [0.3, 0.4) is 0 Å². The van der Waals surface area contributed by atoms with Gasteiger partial charge in [0.15, 0.2) is 11.2 Å². The van der Waals surface area contributed by atoms with E-state index in [0.29, 0.717) is 34.1 Å². The van der Waals surface area contributed by atoms with Crippen molar-refractivity contribution >= 4 is 28.7 Å². The molecule has 0 saturated heterocycles. The molecule has 3 rings (SSSR count). The zero-order chi connectivity index (χ0) is 19.7. The van der Waals surface area contributed by atoms with Crippen LogP contribution in [0.5, 0.6) is 0 Å². The third-order valence-corrected chi connectivity index (χ3v) is 5.06. The van der Waals surface area contributed by atoms with Crippen molar-refractivity contribution in [2.75, 3.05) is 11.9 Å². The molecule has 2 aromatic heterocycles. The van der Waals surface area contributed by atoms with Gasteiger partial charge in [-0.25, -0.2) is 4.79 Å². The first-order valence-corrected chi connectivity index (χ1v) is 9.03. The number of anilines is 1. The maximum atomic E-state index is 13.0. The summed E-state index contributed by atoms with van der Waals surface area (Å²) in [6, 6.07) is 6.91. The van der Waals surface area contributed by atoms with Gasteiger partial charge >= 0.3 is 5.69 Å². The lowest BCUT2D eigenvalue weighted by molar-refractivity contribution is 0.271. The third-order valence-electron chi connectivity index (χ3n) is 4.69. The SMILES string of the molecule is CCC(CO)Nc1nc2c(c(=O)n(Cc3ccccc3Cl)c(=O)n2C)n1C. The van der Waals surface area contributed by atoms with E-state index >= 15 is 0 Å². The van der Waals surface area contributed by atoms with Crippen LogP contribution < -0.4 is 16.6 Å². The predicted octanol–water partition coefficient (Wildman–Crippen LogP) is 1.32. The molecular formula is C18H22ClN5O3. The highest BCUT2D eigenvalue weighted by Crippen LogP contribution is 2.17. The minimum Gasteiger partial charge on any atom is -0.394 e. The summed E-state index contributed by atoms with van der Waals surface area (Å²) >= 11 is 6.19. The molecule has 144 valence electrons. The highest BCUT2D eigenvalue weighted by atomic mass is 35.5. The molecule has 1 aromatic carbocycles. The minimum absolute atomic E-state index is 0.0601. The largest absolute Gasteiger partial charge is 0.394 e. The maximum absolute atomic E-state index is 13.0. The molecule has 1 unspecified atom stereocenters. The Hall–Kier alpha value is -2.58. The maximum Gasteiger partial charge on any atom is 0.332 e. The summed E-state index contributed by atoms with van der Waals surface area (Å²) in [5.41, 5.74) is 0.376. The summed E-state index contributed by atoms with van der Waals surface area (Å²) in [5.74, 6) is 0.425. The second-order valence-electron chi connectivity index (χ2n) is 6.42. The number of imidazole rings is 1. The molecule has 27 heavy (non-hydrogen) atoms. The highest BCUT2D eigenvalue weighted by Gasteiger charge is 2.20. The third kappa shape index (κ3) is 3.38. The molecule has 0 amide bonds. The van der Waals surface area contributed by atoms with E-state index in [4.69, 9.17) is 11.6 Å². The Kier molecular flexibility index (Phi) is 5.38. The van der Waals surface area contributed by atoms with Crippen molar-refractivity contribution in [2.24, 2.45) is 14.1 Å². The Bertz CT molecular complexity index is 1090. The van der Waals surface area contributed by atoms with Crippen molar-refractivity contribution in [3.8, 4) is 0 Å². The van der Waals surface area contributed by atoms with Gasteiger partial charge in [-0.15, -0.1) is 0 Å². The van der Waals surface area contributed by atoms with Gasteiger partial charge in [0.1, 0.15) is 0 Å². The van der Waals surface area contributed by atoms with Crippen LogP contribution in [0.1, 0.15) is 18.9 Å². The number of aliphatic hydroxyl groups is 1. The van der Waals surface area contributed by atoms with Crippen molar-refractivity contribution in [1.29, 1.82) is 0 Å². The molecule has 0 bridgehead atoms. The lowest BCUT2D eigenvalue weighted by atomic mass is 10.2. The van der Waals surface area contributed by atoms with Crippen LogP contribution in [-0.4, -0.2) is 36.4 Å².